The van der Waals surface area contributed by atoms with Crippen molar-refractivity contribution >= 4 is 27.5 Å². The molecule has 7 nitrogen and oxygen atoms in total. The zero-order chi connectivity index (χ0) is 26.9. The van der Waals surface area contributed by atoms with E-state index in [9.17, 15) is 18.0 Å². The van der Waals surface area contributed by atoms with Crippen molar-refractivity contribution in [1.29, 1.82) is 0 Å². The first-order valence-electron chi connectivity index (χ1n) is 12.6. The molecule has 0 spiro atoms. The molecule has 1 atom stereocenters. The molecule has 0 radical (unpaired) electrons. The Morgan fingerprint density at radius 2 is 1.53 bits per heavy atom. The van der Waals surface area contributed by atoms with Crippen LogP contribution in [-0.4, -0.2) is 50.5 Å². The van der Waals surface area contributed by atoms with E-state index in [0.717, 1.165) is 23.1 Å². The molecule has 1 N–H and O–H groups in total. The molecule has 0 saturated heterocycles. The molecule has 0 aliphatic carbocycles. The first-order valence-corrected chi connectivity index (χ1v) is 14.5. The summed E-state index contributed by atoms with van der Waals surface area (Å²) in [5.41, 5.74) is 3.76. The normalized spacial score (nSPS) is 12.3. The van der Waals surface area contributed by atoms with Gasteiger partial charge in [-0.2, -0.15) is 0 Å². The van der Waals surface area contributed by atoms with Crippen molar-refractivity contribution in [3.8, 4) is 0 Å². The second-order valence-corrected chi connectivity index (χ2v) is 11.7. The Morgan fingerprint density at radius 3 is 2.06 bits per heavy atom. The second kappa shape index (κ2) is 13.4. The maximum atomic E-state index is 13.3. The summed E-state index contributed by atoms with van der Waals surface area (Å²) >= 11 is 0. The molecule has 0 aliphatic heterocycles. The lowest BCUT2D eigenvalue weighted by Crippen LogP contribution is -2.48. The smallest absolute Gasteiger partial charge is 0.242 e. The van der Waals surface area contributed by atoms with Gasteiger partial charge >= 0.3 is 0 Å². The molecule has 2 amide bonds. The van der Waals surface area contributed by atoms with Crippen molar-refractivity contribution in [1.82, 2.24) is 10.2 Å². The van der Waals surface area contributed by atoms with Gasteiger partial charge in [0, 0.05) is 26.1 Å². The SMILES string of the molecule is CCc1ccc(N(CCCC(=O)N(Cc2ccc(C)cc2)C(C)C(=O)NCC(C)C)S(C)(=O)=O)cc1. The predicted molar refractivity (Wildman–Crippen MR) is 146 cm³/mol. The zero-order valence-electron chi connectivity index (χ0n) is 22.5. The molecule has 0 aliphatic rings. The Morgan fingerprint density at radius 1 is 0.944 bits per heavy atom. The molecule has 198 valence electrons. The summed E-state index contributed by atoms with van der Waals surface area (Å²) < 4.78 is 26.3. The van der Waals surface area contributed by atoms with E-state index in [1.807, 2.05) is 64.1 Å². The minimum absolute atomic E-state index is 0.132. The lowest BCUT2D eigenvalue weighted by Gasteiger charge is -2.29. The summed E-state index contributed by atoms with van der Waals surface area (Å²) in [6.45, 7) is 10.8. The molecule has 2 rings (SSSR count). The van der Waals surface area contributed by atoms with Gasteiger partial charge in [0.15, 0.2) is 0 Å². The number of hydrogen-bond acceptors (Lipinski definition) is 4. The third kappa shape index (κ3) is 8.97. The molecule has 0 heterocycles. The van der Waals surface area contributed by atoms with Crippen LogP contribution in [0.3, 0.4) is 0 Å². The number of amides is 2. The first-order chi connectivity index (χ1) is 16.9. The molecule has 8 heteroatoms. The highest BCUT2D eigenvalue weighted by atomic mass is 32.2. The molecular formula is C28H41N3O4S. The standard InChI is InChI=1S/C28H41N3O4S/c1-7-24-14-16-26(17-15-24)31(36(6,34)35)18-8-9-27(32)30(20-25-12-10-22(4)11-13-25)23(5)28(33)29-19-21(2)3/h10-17,21,23H,7-9,18-20H2,1-6H3,(H,29,33). The molecule has 2 aromatic carbocycles. The third-order valence-electron chi connectivity index (χ3n) is 6.11. The van der Waals surface area contributed by atoms with Gasteiger partial charge in [0.05, 0.1) is 11.9 Å². The fourth-order valence-electron chi connectivity index (χ4n) is 3.83. The Hall–Kier alpha value is -2.87. The Bertz CT molecular complexity index is 1100. The Balaban J connectivity index is 2.14. The van der Waals surface area contributed by atoms with Crippen LogP contribution in [0.2, 0.25) is 0 Å². The van der Waals surface area contributed by atoms with Gasteiger partial charge in [-0.05, 0) is 55.9 Å². The van der Waals surface area contributed by atoms with Gasteiger partial charge in [-0.3, -0.25) is 13.9 Å². The van der Waals surface area contributed by atoms with Gasteiger partial charge in [-0.15, -0.1) is 0 Å². The summed E-state index contributed by atoms with van der Waals surface area (Å²) in [5.74, 6) is -0.0775. The minimum Gasteiger partial charge on any atom is -0.354 e. The molecule has 36 heavy (non-hydrogen) atoms. The lowest BCUT2D eigenvalue weighted by molar-refractivity contribution is -0.140. The molecular weight excluding hydrogens is 474 g/mol. The fraction of sp³-hybridized carbons (Fsp3) is 0.500. The number of sulfonamides is 1. The average Bonchev–Trinajstić information content (AvgIpc) is 2.83. The van der Waals surface area contributed by atoms with Crippen LogP contribution in [0.5, 0.6) is 0 Å². The summed E-state index contributed by atoms with van der Waals surface area (Å²) in [4.78, 5) is 27.7. The van der Waals surface area contributed by atoms with E-state index < -0.39 is 16.1 Å². The van der Waals surface area contributed by atoms with Crippen molar-refractivity contribution in [2.45, 2.75) is 66.5 Å². The Labute approximate surface area is 216 Å². The van der Waals surface area contributed by atoms with E-state index >= 15 is 0 Å². The van der Waals surface area contributed by atoms with Gasteiger partial charge in [0.2, 0.25) is 21.8 Å². The number of rotatable bonds is 13. The molecule has 0 fully saturated rings. The average molecular weight is 516 g/mol. The monoisotopic (exact) mass is 515 g/mol. The minimum atomic E-state index is -3.51. The van der Waals surface area contributed by atoms with E-state index in [1.165, 1.54) is 10.6 Å². The van der Waals surface area contributed by atoms with Crippen molar-refractivity contribution < 1.29 is 18.0 Å². The molecule has 0 saturated carbocycles. The van der Waals surface area contributed by atoms with Crippen molar-refractivity contribution in [2.24, 2.45) is 5.92 Å². The number of nitrogens with zero attached hydrogens (tertiary/aromatic N) is 2. The van der Waals surface area contributed by atoms with Crippen LogP contribution in [0, 0.1) is 12.8 Å². The number of carbonyl (C=O) groups excluding carboxylic acids is 2. The number of hydrogen-bond donors (Lipinski definition) is 1. The van der Waals surface area contributed by atoms with Gasteiger partial charge in [0.1, 0.15) is 6.04 Å². The molecule has 2 aromatic rings. The number of benzene rings is 2. The third-order valence-corrected chi connectivity index (χ3v) is 7.30. The highest BCUT2D eigenvalue weighted by Crippen LogP contribution is 2.20. The number of carbonyl (C=O) groups is 2. The largest absolute Gasteiger partial charge is 0.354 e. The predicted octanol–water partition coefficient (Wildman–Crippen LogP) is 4.29. The molecule has 1 unspecified atom stereocenters. The highest BCUT2D eigenvalue weighted by Gasteiger charge is 2.26. The van der Waals surface area contributed by atoms with Crippen molar-refractivity contribution in [3.05, 3.63) is 65.2 Å². The van der Waals surface area contributed by atoms with Crippen molar-refractivity contribution in [3.63, 3.8) is 0 Å². The second-order valence-electron chi connectivity index (χ2n) is 9.78. The number of aryl methyl sites for hydroxylation is 2. The van der Waals surface area contributed by atoms with Gasteiger partial charge in [-0.1, -0.05) is 62.7 Å². The number of anilines is 1. The zero-order valence-corrected chi connectivity index (χ0v) is 23.3. The fourth-order valence-corrected chi connectivity index (χ4v) is 4.79. The topological polar surface area (TPSA) is 86.8 Å². The maximum Gasteiger partial charge on any atom is 0.242 e. The van der Waals surface area contributed by atoms with Crippen molar-refractivity contribution in [2.75, 3.05) is 23.7 Å². The quantitative estimate of drug-likeness (QED) is 0.431. The summed E-state index contributed by atoms with van der Waals surface area (Å²) in [6, 6.07) is 14.7. The Kier molecular flexibility index (Phi) is 11.0. The summed E-state index contributed by atoms with van der Waals surface area (Å²) in [6.07, 6.45) is 2.51. The van der Waals surface area contributed by atoms with Gasteiger partial charge < -0.3 is 10.2 Å². The van der Waals surface area contributed by atoms with E-state index in [-0.39, 0.29) is 24.8 Å². The first kappa shape index (κ1) is 29.4. The molecule has 0 aromatic heterocycles. The van der Waals surface area contributed by atoms with E-state index in [0.29, 0.717) is 31.1 Å². The van der Waals surface area contributed by atoms with Crippen LogP contribution in [-0.2, 0) is 32.6 Å². The van der Waals surface area contributed by atoms with Crippen LogP contribution < -0.4 is 9.62 Å². The number of nitrogens with one attached hydrogen (secondary N) is 1. The van der Waals surface area contributed by atoms with Crippen LogP contribution >= 0.6 is 0 Å². The van der Waals surface area contributed by atoms with E-state index in [4.69, 9.17) is 0 Å². The lowest BCUT2D eigenvalue weighted by atomic mass is 10.1. The van der Waals surface area contributed by atoms with E-state index in [1.54, 1.807) is 24.0 Å². The summed E-state index contributed by atoms with van der Waals surface area (Å²) in [7, 11) is -3.51. The van der Waals surface area contributed by atoms with Crippen LogP contribution in [0.15, 0.2) is 48.5 Å². The highest BCUT2D eigenvalue weighted by molar-refractivity contribution is 7.92. The van der Waals surface area contributed by atoms with Gasteiger partial charge in [-0.25, -0.2) is 8.42 Å². The van der Waals surface area contributed by atoms with Crippen LogP contribution in [0.1, 0.15) is 57.2 Å². The summed E-state index contributed by atoms with van der Waals surface area (Å²) in [5, 5.41) is 2.92. The van der Waals surface area contributed by atoms with Gasteiger partial charge in [0.25, 0.3) is 0 Å². The molecule has 0 bridgehead atoms. The maximum absolute atomic E-state index is 13.3. The van der Waals surface area contributed by atoms with Crippen LogP contribution in [0.25, 0.3) is 0 Å². The van der Waals surface area contributed by atoms with Crippen LogP contribution in [0.4, 0.5) is 5.69 Å². The van der Waals surface area contributed by atoms with E-state index in [2.05, 4.69) is 5.32 Å².